The fourth-order valence-corrected chi connectivity index (χ4v) is 5.60. The van der Waals surface area contributed by atoms with E-state index in [4.69, 9.17) is 4.74 Å². The first-order valence-corrected chi connectivity index (χ1v) is 12.1. The molecular weight excluding hydrogens is 406 g/mol. The van der Waals surface area contributed by atoms with Gasteiger partial charge in [0, 0.05) is 18.1 Å². The number of hydrogen-bond acceptors (Lipinski definition) is 3. The van der Waals surface area contributed by atoms with E-state index in [-0.39, 0.29) is 6.04 Å². The minimum Gasteiger partial charge on any atom is -0.489 e. The second-order valence-corrected chi connectivity index (χ2v) is 9.48. The van der Waals surface area contributed by atoms with Gasteiger partial charge in [0.25, 0.3) is 0 Å². The normalized spacial score (nSPS) is 22.1. The summed E-state index contributed by atoms with van der Waals surface area (Å²) in [5.41, 5.74) is 4.95. The van der Waals surface area contributed by atoms with Crippen LogP contribution < -0.4 is 4.74 Å². The maximum absolute atomic E-state index is 11.2. The van der Waals surface area contributed by atoms with Gasteiger partial charge in [-0.1, -0.05) is 84.4 Å². The van der Waals surface area contributed by atoms with Crippen molar-refractivity contribution in [2.24, 2.45) is 0 Å². The van der Waals surface area contributed by atoms with Crippen molar-refractivity contribution in [3.05, 3.63) is 107 Å². The summed E-state index contributed by atoms with van der Waals surface area (Å²) in [6.07, 6.45) is 6.53. The molecule has 2 aliphatic rings. The number of aliphatic hydroxyl groups is 1. The molecule has 2 aliphatic heterocycles. The fraction of sp³-hybridized carbons (Fsp3) is 0.333. The summed E-state index contributed by atoms with van der Waals surface area (Å²) in [5, 5.41) is 11.2. The zero-order chi connectivity index (χ0) is 22.6. The molecule has 3 nitrogen and oxygen atoms in total. The summed E-state index contributed by atoms with van der Waals surface area (Å²) in [6, 6.07) is 29.9. The van der Waals surface area contributed by atoms with E-state index < -0.39 is 6.10 Å². The molecule has 0 radical (unpaired) electrons. The van der Waals surface area contributed by atoms with Crippen LogP contribution in [0.5, 0.6) is 5.75 Å². The Labute approximate surface area is 197 Å². The van der Waals surface area contributed by atoms with Crippen molar-refractivity contribution in [2.75, 3.05) is 0 Å². The molecule has 0 spiro atoms. The molecule has 170 valence electrons. The predicted molar refractivity (Wildman–Crippen MR) is 134 cm³/mol. The predicted octanol–water partition coefficient (Wildman–Crippen LogP) is 6.40. The van der Waals surface area contributed by atoms with Crippen LogP contribution in [-0.2, 0) is 6.61 Å². The first-order chi connectivity index (χ1) is 16.2. The maximum atomic E-state index is 11.2. The lowest BCUT2D eigenvalue weighted by Crippen LogP contribution is -2.48. The fourth-order valence-electron chi connectivity index (χ4n) is 5.60. The van der Waals surface area contributed by atoms with Crippen LogP contribution in [-0.4, -0.2) is 28.1 Å². The molecule has 2 bridgehead atoms. The Morgan fingerprint density at radius 1 is 0.879 bits per heavy atom. The molecule has 5 rings (SSSR count). The minimum atomic E-state index is -0.504. The number of fused-ring (bicyclic) bond motifs is 2. The van der Waals surface area contributed by atoms with Crippen LogP contribution in [0.3, 0.4) is 0 Å². The van der Waals surface area contributed by atoms with Gasteiger partial charge in [-0.15, -0.1) is 0 Å². The Kier molecular flexibility index (Phi) is 6.61. The largest absolute Gasteiger partial charge is 0.489 e. The number of hydrogen-bond donors (Lipinski definition) is 1. The van der Waals surface area contributed by atoms with Gasteiger partial charge in [0.1, 0.15) is 12.4 Å². The van der Waals surface area contributed by atoms with Crippen molar-refractivity contribution in [3.8, 4) is 5.75 Å². The lowest BCUT2D eigenvalue weighted by Gasteiger charge is -2.42. The quantitative estimate of drug-likeness (QED) is 0.462. The van der Waals surface area contributed by atoms with Crippen LogP contribution in [0.1, 0.15) is 55.4 Å². The smallest absolute Gasteiger partial charge is 0.119 e. The van der Waals surface area contributed by atoms with Crippen LogP contribution in [0.2, 0.25) is 0 Å². The highest BCUT2D eigenvalue weighted by Gasteiger charge is 2.42. The highest BCUT2D eigenvalue weighted by Crippen LogP contribution is 2.42. The van der Waals surface area contributed by atoms with Crippen molar-refractivity contribution in [1.29, 1.82) is 0 Å². The third-order valence-corrected chi connectivity index (χ3v) is 7.24. The number of benzene rings is 3. The van der Waals surface area contributed by atoms with E-state index in [2.05, 4.69) is 60.4 Å². The Hall–Kier alpha value is -2.88. The van der Waals surface area contributed by atoms with E-state index in [1.165, 1.54) is 18.4 Å². The van der Waals surface area contributed by atoms with Crippen LogP contribution in [0.25, 0.3) is 6.08 Å². The average Bonchev–Trinajstić information content (AvgIpc) is 3.13. The van der Waals surface area contributed by atoms with E-state index in [1.807, 2.05) is 42.5 Å². The molecule has 2 unspecified atom stereocenters. The summed E-state index contributed by atoms with van der Waals surface area (Å²) in [4.78, 5) is 2.59. The van der Waals surface area contributed by atoms with Gasteiger partial charge in [0.05, 0.1) is 6.10 Å². The zero-order valence-corrected chi connectivity index (χ0v) is 19.3. The molecule has 1 N–H and O–H groups in total. The highest BCUT2D eigenvalue weighted by atomic mass is 16.5. The van der Waals surface area contributed by atoms with Crippen molar-refractivity contribution in [2.45, 2.75) is 63.4 Å². The average molecular weight is 440 g/mol. The Bertz CT molecular complexity index is 1050. The van der Waals surface area contributed by atoms with E-state index in [0.717, 1.165) is 29.7 Å². The molecule has 3 heteroatoms. The molecule has 3 aromatic rings. The van der Waals surface area contributed by atoms with Crippen molar-refractivity contribution < 1.29 is 9.84 Å². The summed E-state index contributed by atoms with van der Waals surface area (Å²) in [6.45, 7) is 2.73. The first kappa shape index (κ1) is 21.9. The number of piperidine rings is 1. The minimum absolute atomic E-state index is 0.0943. The van der Waals surface area contributed by atoms with Gasteiger partial charge in [0.15, 0.2) is 0 Å². The lowest BCUT2D eigenvalue weighted by atomic mass is 9.91. The van der Waals surface area contributed by atoms with E-state index >= 15 is 0 Å². The van der Waals surface area contributed by atoms with Crippen molar-refractivity contribution in [1.82, 2.24) is 4.90 Å². The van der Waals surface area contributed by atoms with Gasteiger partial charge in [-0.3, -0.25) is 4.90 Å². The molecule has 0 aromatic heterocycles. The van der Waals surface area contributed by atoms with E-state index in [1.54, 1.807) is 5.57 Å². The molecule has 0 saturated carbocycles. The van der Waals surface area contributed by atoms with Gasteiger partial charge in [-0.05, 0) is 61.4 Å². The third-order valence-electron chi connectivity index (χ3n) is 7.24. The van der Waals surface area contributed by atoms with Gasteiger partial charge in [-0.2, -0.15) is 0 Å². The molecule has 0 aliphatic carbocycles. The van der Waals surface area contributed by atoms with Crippen molar-refractivity contribution >= 4 is 6.08 Å². The molecule has 2 fully saturated rings. The Morgan fingerprint density at radius 2 is 1.48 bits per heavy atom. The Morgan fingerprint density at radius 3 is 2.12 bits per heavy atom. The van der Waals surface area contributed by atoms with E-state index in [0.29, 0.717) is 18.7 Å². The van der Waals surface area contributed by atoms with Gasteiger partial charge in [-0.25, -0.2) is 0 Å². The van der Waals surface area contributed by atoms with Gasteiger partial charge < -0.3 is 9.84 Å². The van der Waals surface area contributed by atoms with Crippen molar-refractivity contribution in [3.63, 3.8) is 0 Å². The summed E-state index contributed by atoms with van der Waals surface area (Å²) in [5.74, 6) is 0.830. The third kappa shape index (κ3) is 5.05. The molecular formula is C30H33NO2. The van der Waals surface area contributed by atoms with Crippen LogP contribution >= 0.6 is 0 Å². The summed E-state index contributed by atoms with van der Waals surface area (Å²) >= 11 is 0. The molecule has 0 amide bonds. The highest BCUT2D eigenvalue weighted by molar-refractivity contribution is 5.53. The molecule has 33 heavy (non-hydrogen) atoms. The zero-order valence-electron chi connectivity index (χ0n) is 19.3. The van der Waals surface area contributed by atoms with Crippen LogP contribution in [0.15, 0.2) is 90.5 Å². The molecule has 3 aromatic carbocycles. The number of aliphatic hydroxyl groups excluding tert-OH is 1. The number of nitrogens with zero attached hydrogens (tertiary/aromatic N) is 1. The standard InChI is InChI=1S/C30H33NO2/c1-22(30(32)26-12-16-29(17-13-26)33-21-24-10-6-3-7-11-24)31-27-14-15-28(31)20-25(19-27)18-23-8-4-2-5-9-23/h2-13,16-18,22,27-28,30,32H,14-15,19-21H2,1H3/t22-,27?,28?,30+/m0/s1. The van der Waals surface area contributed by atoms with Crippen LogP contribution in [0.4, 0.5) is 0 Å². The van der Waals surface area contributed by atoms with E-state index in [9.17, 15) is 5.11 Å². The van der Waals surface area contributed by atoms with Gasteiger partial charge in [0.2, 0.25) is 0 Å². The summed E-state index contributed by atoms with van der Waals surface area (Å²) in [7, 11) is 0. The Balaban J connectivity index is 1.21. The second-order valence-electron chi connectivity index (χ2n) is 9.48. The molecule has 2 saturated heterocycles. The molecule has 4 atom stereocenters. The summed E-state index contributed by atoms with van der Waals surface area (Å²) < 4.78 is 5.91. The monoisotopic (exact) mass is 439 g/mol. The topological polar surface area (TPSA) is 32.7 Å². The number of rotatable bonds is 7. The second kappa shape index (κ2) is 9.94. The van der Waals surface area contributed by atoms with Gasteiger partial charge >= 0.3 is 0 Å². The molecule has 2 heterocycles. The number of ether oxygens (including phenoxy) is 1. The maximum Gasteiger partial charge on any atom is 0.119 e. The first-order valence-electron chi connectivity index (χ1n) is 12.1. The SMILES string of the molecule is C[C@@H]([C@@H](O)c1ccc(OCc2ccccc2)cc1)N1C2CCC1CC(=Cc1ccccc1)C2. The lowest BCUT2D eigenvalue weighted by molar-refractivity contribution is 0.0195. The van der Waals surface area contributed by atoms with Crippen LogP contribution in [0, 0.1) is 0 Å².